The number of pyridine rings is 1. The lowest BCUT2D eigenvalue weighted by molar-refractivity contribution is -0.632. The second kappa shape index (κ2) is 9.73. The summed E-state index contributed by atoms with van der Waals surface area (Å²) in [6, 6.07) is 21.7. The highest BCUT2D eigenvalue weighted by atomic mass is 16.6. The zero-order chi connectivity index (χ0) is 27.0. The van der Waals surface area contributed by atoms with E-state index in [0.717, 1.165) is 32.9 Å². The van der Waals surface area contributed by atoms with E-state index in [1.165, 1.54) is 0 Å². The number of fused-ring (bicyclic) bond motifs is 3. The predicted octanol–water partition coefficient (Wildman–Crippen LogP) is 7.18. The highest BCUT2D eigenvalue weighted by molar-refractivity contribution is 6.11. The minimum atomic E-state index is -0.593. The van der Waals surface area contributed by atoms with Crippen LogP contribution in [0.3, 0.4) is 0 Å². The molecule has 2 N–H and O–H groups in total. The van der Waals surface area contributed by atoms with Crippen LogP contribution in [-0.2, 0) is 16.5 Å². The summed E-state index contributed by atoms with van der Waals surface area (Å²) in [5, 5.41) is 8.70. The molecule has 0 unspecified atom stereocenters. The molecular formula is C30H34N3O4+. The summed E-state index contributed by atoms with van der Waals surface area (Å²) in [6.45, 7) is 11.0. The van der Waals surface area contributed by atoms with Gasteiger partial charge in [-0.1, -0.05) is 24.3 Å². The molecule has 0 spiro atoms. The largest absolute Gasteiger partial charge is 0.444 e. The van der Waals surface area contributed by atoms with Gasteiger partial charge in [-0.3, -0.25) is 10.6 Å². The SMILES string of the molecule is C[n+]1c(-c2ccccc2)c2cc(NC(=O)OC(C)(C)C)ccc2c2ccc(NC(=O)OC(C)(C)C)cc21. The molecule has 1 heterocycles. The third-order valence-electron chi connectivity index (χ3n) is 5.60. The van der Waals surface area contributed by atoms with E-state index in [2.05, 4.69) is 27.3 Å². The highest BCUT2D eigenvalue weighted by Gasteiger charge is 2.23. The second-order valence-electron chi connectivity index (χ2n) is 11.0. The zero-order valence-electron chi connectivity index (χ0n) is 22.4. The van der Waals surface area contributed by atoms with Gasteiger partial charge in [-0.25, -0.2) is 9.59 Å². The summed E-state index contributed by atoms with van der Waals surface area (Å²) >= 11 is 0. The van der Waals surface area contributed by atoms with Crippen molar-refractivity contribution in [1.82, 2.24) is 0 Å². The van der Waals surface area contributed by atoms with Crippen molar-refractivity contribution in [1.29, 1.82) is 0 Å². The first-order valence-electron chi connectivity index (χ1n) is 12.3. The van der Waals surface area contributed by atoms with Crippen molar-refractivity contribution in [2.24, 2.45) is 7.05 Å². The van der Waals surface area contributed by atoms with E-state index in [1.54, 1.807) is 0 Å². The van der Waals surface area contributed by atoms with E-state index >= 15 is 0 Å². The van der Waals surface area contributed by atoms with Crippen LogP contribution in [0.15, 0.2) is 66.7 Å². The van der Waals surface area contributed by atoms with Crippen molar-refractivity contribution in [3.05, 3.63) is 66.7 Å². The molecule has 3 aromatic carbocycles. The van der Waals surface area contributed by atoms with E-state index in [4.69, 9.17) is 9.47 Å². The van der Waals surface area contributed by atoms with Gasteiger partial charge < -0.3 is 9.47 Å². The third kappa shape index (κ3) is 6.17. The van der Waals surface area contributed by atoms with Gasteiger partial charge in [-0.2, -0.15) is 4.57 Å². The van der Waals surface area contributed by atoms with E-state index in [-0.39, 0.29) is 0 Å². The third-order valence-corrected chi connectivity index (χ3v) is 5.60. The zero-order valence-corrected chi connectivity index (χ0v) is 22.4. The maximum absolute atomic E-state index is 12.4. The summed E-state index contributed by atoms with van der Waals surface area (Å²) in [5.74, 6) is 0. The topological polar surface area (TPSA) is 80.5 Å². The molecule has 0 radical (unpaired) electrons. The molecule has 0 aliphatic heterocycles. The van der Waals surface area contributed by atoms with Gasteiger partial charge in [-0.15, -0.1) is 0 Å². The molecule has 7 nitrogen and oxygen atoms in total. The van der Waals surface area contributed by atoms with Gasteiger partial charge in [0.25, 0.3) is 0 Å². The molecule has 2 amide bonds. The highest BCUT2D eigenvalue weighted by Crippen LogP contribution is 2.34. The number of nitrogens with one attached hydrogen (secondary N) is 2. The first kappa shape index (κ1) is 25.9. The van der Waals surface area contributed by atoms with Gasteiger partial charge in [0.1, 0.15) is 18.2 Å². The fraction of sp³-hybridized carbons (Fsp3) is 0.300. The lowest BCUT2D eigenvalue weighted by atomic mass is 9.98. The average Bonchev–Trinajstić information content (AvgIpc) is 2.77. The normalized spacial score (nSPS) is 11.9. The number of anilines is 2. The van der Waals surface area contributed by atoms with Gasteiger partial charge in [0.15, 0.2) is 0 Å². The molecule has 0 atom stereocenters. The van der Waals surface area contributed by atoms with E-state index in [0.29, 0.717) is 11.4 Å². The molecular weight excluding hydrogens is 466 g/mol. The number of ether oxygens (including phenoxy) is 2. The fourth-order valence-corrected chi connectivity index (χ4v) is 4.26. The summed E-state index contributed by atoms with van der Waals surface area (Å²) in [4.78, 5) is 24.8. The number of rotatable bonds is 3. The molecule has 0 aliphatic rings. The van der Waals surface area contributed by atoms with Crippen LogP contribution in [0.1, 0.15) is 41.5 Å². The van der Waals surface area contributed by atoms with Crippen molar-refractivity contribution in [2.75, 3.05) is 10.6 Å². The summed E-state index contributed by atoms with van der Waals surface area (Å²) in [7, 11) is 2.00. The molecule has 0 aliphatic carbocycles. The molecule has 0 bridgehead atoms. The van der Waals surface area contributed by atoms with Crippen molar-refractivity contribution in [2.45, 2.75) is 52.7 Å². The van der Waals surface area contributed by atoms with Gasteiger partial charge in [0.2, 0.25) is 11.2 Å². The Morgan fingerprint density at radius 1 is 0.676 bits per heavy atom. The number of benzene rings is 3. The van der Waals surface area contributed by atoms with E-state index < -0.39 is 23.4 Å². The minimum Gasteiger partial charge on any atom is -0.444 e. The van der Waals surface area contributed by atoms with Crippen LogP contribution < -0.4 is 15.2 Å². The first-order chi connectivity index (χ1) is 17.3. The Hall–Kier alpha value is -4.13. The van der Waals surface area contributed by atoms with Crippen LogP contribution in [0.2, 0.25) is 0 Å². The quantitative estimate of drug-likeness (QED) is 0.231. The average molecular weight is 501 g/mol. The number of aryl methyl sites for hydroxylation is 1. The maximum Gasteiger partial charge on any atom is 0.412 e. The lowest BCUT2D eigenvalue weighted by Gasteiger charge is -2.20. The Morgan fingerprint density at radius 2 is 1.19 bits per heavy atom. The monoisotopic (exact) mass is 500 g/mol. The number of amides is 2. The lowest BCUT2D eigenvalue weighted by Crippen LogP contribution is -2.33. The predicted molar refractivity (Wildman–Crippen MR) is 148 cm³/mol. The first-order valence-corrected chi connectivity index (χ1v) is 12.3. The van der Waals surface area contributed by atoms with Crippen molar-refractivity contribution in [3.63, 3.8) is 0 Å². The number of hydrogen-bond acceptors (Lipinski definition) is 4. The molecule has 37 heavy (non-hydrogen) atoms. The fourth-order valence-electron chi connectivity index (χ4n) is 4.26. The molecule has 4 rings (SSSR count). The summed E-state index contributed by atoms with van der Waals surface area (Å²) < 4.78 is 13.0. The Morgan fingerprint density at radius 3 is 1.73 bits per heavy atom. The van der Waals surface area contributed by atoms with Crippen LogP contribution in [-0.4, -0.2) is 23.4 Å². The number of hydrogen-bond donors (Lipinski definition) is 2. The van der Waals surface area contributed by atoms with Crippen LogP contribution in [0.4, 0.5) is 21.0 Å². The minimum absolute atomic E-state index is 0.503. The van der Waals surface area contributed by atoms with Crippen LogP contribution in [0.25, 0.3) is 32.9 Å². The molecule has 0 saturated carbocycles. The van der Waals surface area contributed by atoms with Crippen LogP contribution >= 0.6 is 0 Å². The van der Waals surface area contributed by atoms with Gasteiger partial charge in [0.05, 0.1) is 16.5 Å². The van der Waals surface area contributed by atoms with Gasteiger partial charge in [0, 0.05) is 22.7 Å². The Kier molecular flexibility index (Phi) is 6.82. The van der Waals surface area contributed by atoms with Gasteiger partial charge >= 0.3 is 12.2 Å². The molecule has 192 valence electrons. The Bertz CT molecular complexity index is 1480. The Balaban J connectivity index is 1.85. The van der Waals surface area contributed by atoms with Crippen molar-refractivity contribution < 1.29 is 23.6 Å². The van der Waals surface area contributed by atoms with E-state index in [1.807, 2.05) is 103 Å². The van der Waals surface area contributed by atoms with Crippen LogP contribution in [0.5, 0.6) is 0 Å². The summed E-state index contributed by atoms with van der Waals surface area (Å²) in [5.41, 5.74) is 3.03. The second-order valence-corrected chi connectivity index (χ2v) is 11.0. The van der Waals surface area contributed by atoms with Crippen molar-refractivity contribution >= 4 is 45.2 Å². The van der Waals surface area contributed by atoms with Gasteiger partial charge in [-0.05, 0) is 77.9 Å². The number of aromatic nitrogens is 1. The summed E-state index contributed by atoms with van der Waals surface area (Å²) in [6.07, 6.45) is -1.01. The number of carbonyl (C=O) groups is 2. The van der Waals surface area contributed by atoms with E-state index in [9.17, 15) is 9.59 Å². The molecule has 0 fully saturated rings. The maximum atomic E-state index is 12.4. The standard InChI is InChI=1S/C30H33N3O4/c1-29(2,3)36-27(34)31-20-13-15-22-23-16-14-21(32-28(35)37-30(4,5)6)18-25(23)33(7)26(24(22)17-20)19-11-9-8-10-12-19/h8-18H,1-7H3,(H,31,34)/p+1. The Labute approximate surface area is 217 Å². The molecule has 7 heteroatoms. The molecule has 0 saturated heterocycles. The molecule has 4 aromatic rings. The number of nitrogens with zero attached hydrogens (tertiary/aromatic N) is 1. The van der Waals surface area contributed by atoms with Crippen molar-refractivity contribution in [3.8, 4) is 11.3 Å². The molecule has 1 aromatic heterocycles. The number of carbonyl (C=O) groups excluding carboxylic acids is 2. The smallest absolute Gasteiger partial charge is 0.412 e. The van der Waals surface area contributed by atoms with Crippen LogP contribution in [0, 0.1) is 0 Å².